The number of allylic oxidation sites excluding steroid dienone is 1. The summed E-state index contributed by atoms with van der Waals surface area (Å²) in [5.74, 6) is -0.253. The quantitative estimate of drug-likeness (QED) is 0.609. The first-order chi connectivity index (χ1) is 14.6. The van der Waals surface area contributed by atoms with Gasteiger partial charge in [0.15, 0.2) is 5.78 Å². The van der Waals surface area contributed by atoms with Gasteiger partial charge in [-0.15, -0.1) is 0 Å². The summed E-state index contributed by atoms with van der Waals surface area (Å²) in [7, 11) is 0. The van der Waals surface area contributed by atoms with Gasteiger partial charge in [-0.05, 0) is 47.2 Å². The Balaban J connectivity index is 2.04. The zero-order chi connectivity index (χ0) is 22.5. The van der Waals surface area contributed by atoms with Crippen molar-refractivity contribution in [2.24, 2.45) is 5.41 Å². The van der Waals surface area contributed by atoms with Crippen LogP contribution in [0, 0.1) is 5.41 Å². The summed E-state index contributed by atoms with van der Waals surface area (Å²) in [6.07, 6.45) is 1.03. The average Bonchev–Trinajstić information content (AvgIpc) is 2.80. The van der Waals surface area contributed by atoms with E-state index < -0.39 is 6.04 Å². The van der Waals surface area contributed by atoms with Crippen LogP contribution in [0.2, 0.25) is 10.0 Å². The number of aliphatic hydroxyl groups is 1. The summed E-state index contributed by atoms with van der Waals surface area (Å²) in [4.78, 5) is 28.1. The van der Waals surface area contributed by atoms with Crippen LogP contribution in [0.4, 0.5) is 11.4 Å². The average molecular weight is 459 g/mol. The Hall–Kier alpha value is -2.34. The van der Waals surface area contributed by atoms with Crippen LogP contribution in [0.3, 0.4) is 0 Å². The third-order valence-electron chi connectivity index (χ3n) is 5.84. The van der Waals surface area contributed by atoms with Crippen molar-refractivity contribution in [1.82, 2.24) is 0 Å². The van der Waals surface area contributed by atoms with Crippen LogP contribution in [0.25, 0.3) is 0 Å². The molecule has 1 amide bonds. The molecule has 5 nitrogen and oxygen atoms in total. The van der Waals surface area contributed by atoms with Crippen molar-refractivity contribution in [3.8, 4) is 0 Å². The van der Waals surface area contributed by atoms with Crippen LogP contribution in [0.5, 0.6) is 0 Å². The number of amides is 1. The molecule has 2 aromatic rings. The number of hydrogen-bond donors (Lipinski definition) is 2. The van der Waals surface area contributed by atoms with Crippen LogP contribution < -0.4 is 10.2 Å². The molecule has 0 saturated carbocycles. The molecule has 1 aliphatic carbocycles. The smallest absolute Gasteiger partial charge is 0.224 e. The van der Waals surface area contributed by atoms with Gasteiger partial charge in [0.1, 0.15) is 0 Å². The molecule has 162 valence electrons. The summed E-state index contributed by atoms with van der Waals surface area (Å²) in [5.41, 5.74) is 3.71. The summed E-state index contributed by atoms with van der Waals surface area (Å²) in [5, 5.41) is 14.0. The zero-order valence-electron chi connectivity index (χ0n) is 17.6. The third-order valence-corrected chi connectivity index (χ3v) is 6.40. The van der Waals surface area contributed by atoms with E-state index in [0.29, 0.717) is 51.0 Å². The molecule has 1 unspecified atom stereocenters. The van der Waals surface area contributed by atoms with E-state index in [0.717, 1.165) is 5.70 Å². The maximum Gasteiger partial charge on any atom is 0.224 e. The van der Waals surface area contributed by atoms with E-state index in [1.165, 1.54) is 6.92 Å². The first kappa shape index (κ1) is 21.9. The van der Waals surface area contributed by atoms with Gasteiger partial charge < -0.3 is 10.4 Å². The zero-order valence-corrected chi connectivity index (χ0v) is 19.1. The lowest BCUT2D eigenvalue weighted by molar-refractivity contribution is -0.118. The number of benzene rings is 2. The van der Waals surface area contributed by atoms with E-state index in [-0.39, 0.29) is 23.7 Å². The van der Waals surface area contributed by atoms with Gasteiger partial charge in [-0.3, -0.25) is 14.5 Å². The van der Waals surface area contributed by atoms with Crippen molar-refractivity contribution in [1.29, 1.82) is 0 Å². The number of nitrogens with zero attached hydrogens (tertiary/aromatic N) is 1. The predicted molar refractivity (Wildman–Crippen MR) is 123 cm³/mol. The Morgan fingerprint density at radius 1 is 1.19 bits per heavy atom. The predicted octanol–water partition coefficient (Wildman–Crippen LogP) is 5.65. The number of hydrogen-bond acceptors (Lipinski definition) is 4. The van der Waals surface area contributed by atoms with Gasteiger partial charge in [0.25, 0.3) is 0 Å². The Bertz CT molecular complexity index is 1120. The number of carbonyl (C=O) groups is 2. The van der Waals surface area contributed by atoms with Crippen LogP contribution in [0.1, 0.15) is 50.8 Å². The molecule has 1 heterocycles. The van der Waals surface area contributed by atoms with Crippen LogP contribution in [-0.2, 0) is 16.2 Å². The van der Waals surface area contributed by atoms with Crippen molar-refractivity contribution in [3.05, 3.63) is 68.8 Å². The lowest BCUT2D eigenvalue weighted by Crippen LogP contribution is -2.38. The molecule has 0 saturated heterocycles. The first-order valence-corrected chi connectivity index (χ1v) is 10.9. The summed E-state index contributed by atoms with van der Waals surface area (Å²) >= 11 is 12.7. The van der Waals surface area contributed by atoms with E-state index in [2.05, 4.69) is 19.2 Å². The van der Waals surface area contributed by atoms with Gasteiger partial charge in [0.05, 0.1) is 24.0 Å². The van der Waals surface area contributed by atoms with Crippen molar-refractivity contribution in [2.75, 3.05) is 10.2 Å². The maximum atomic E-state index is 13.5. The van der Waals surface area contributed by atoms with Gasteiger partial charge in [-0.25, -0.2) is 0 Å². The number of rotatable bonds is 2. The number of nitrogens with one attached hydrogen (secondary N) is 1. The number of aliphatic hydroxyl groups excluding tert-OH is 1. The van der Waals surface area contributed by atoms with E-state index in [1.54, 1.807) is 35.2 Å². The first-order valence-electron chi connectivity index (χ1n) is 10.1. The minimum Gasteiger partial charge on any atom is -0.392 e. The Labute approximate surface area is 191 Å². The maximum absolute atomic E-state index is 13.5. The number of Topliss-reactive ketones (excluding diaryl/α,β-unsaturated/α-hetero) is 1. The number of anilines is 2. The number of ketones is 1. The number of carbonyl (C=O) groups excluding carboxylic acids is 2. The van der Waals surface area contributed by atoms with Crippen LogP contribution in [-0.4, -0.2) is 16.8 Å². The molecule has 31 heavy (non-hydrogen) atoms. The molecule has 0 bridgehead atoms. The molecule has 7 heteroatoms. The Morgan fingerprint density at radius 2 is 1.94 bits per heavy atom. The van der Waals surface area contributed by atoms with E-state index in [9.17, 15) is 14.7 Å². The molecule has 0 fully saturated rings. The second-order valence-corrected chi connectivity index (χ2v) is 9.77. The van der Waals surface area contributed by atoms with Gasteiger partial charge in [0.2, 0.25) is 5.91 Å². The molecule has 4 rings (SSSR count). The minimum atomic E-state index is -0.705. The lowest BCUT2D eigenvalue weighted by atomic mass is 9.73. The van der Waals surface area contributed by atoms with E-state index >= 15 is 0 Å². The van der Waals surface area contributed by atoms with Crippen molar-refractivity contribution in [2.45, 2.75) is 46.3 Å². The standard InChI is InChI=1S/C24H24Cl2N2O3/c1-13(30)28-20-8-14(12-29)4-7-18(20)27-19-10-24(2,3)11-21(31)22(19)23(28)16-6-5-15(25)9-17(16)26/h4-9,23,27,29H,10-12H2,1-3H3. The molecule has 0 aromatic heterocycles. The lowest BCUT2D eigenvalue weighted by Gasteiger charge is -2.37. The second-order valence-electron chi connectivity index (χ2n) is 8.93. The Morgan fingerprint density at radius 3 is 2.58 bits per heavy atom. The van der Waals surface area contributed by atoms with Crippen LogP contribution >= 0.6 is 23.2 Å². The van der Waals surface area contributed by atoms with Gasteiger partial charge in [-0.2, -0.15) is 0 Å². The van der Waals surface area contributed by atoms with Gasteiger partial charge in [-0.1, -0.05) is 49.2 Å². The fraction of sp³-hybridized carbons (Fsp3) is 0.333. The van der Waals surface area contributed by atoms with Crippen molar-refractivity contribution in [3.63, 3.8) is 0 Å². The number of halogens is 2. The Kier molecular flexibility index (Phi) is 5.63. The third kappa shape index (κ3) is 3.98. The summed E-state index contributed by atoms with van der Waals surface area (Å²) < 4.78 is 0. The highest BCUT2D eigenvalue weighted by molar-refractivity contribution is 6.35. The van der Waals surface area contributed by atoms with Crippen LogP contribution in [0.15, 0.2) is 47.7 Å². The van der Waals surface area contributed by atoms with Gasteiger partial charge in [0, 0.05) is 34.7 Å². The number of fused-ring (bicyclic) bond motifs is 1. The minimum absolute atomic E-state index is 0.0174. The van der Waals surface area contributed by atoms with E-state index in [1.807, 2.05) is 6.07 Å². The largest absolute Gasteiger partial charge is 0.392 e. The monoisotopic (exact) mass is 458 g/mol. The molecule has 0 radical (unpaired) electrons. The molecule has 0 spiro atoms. The molecular weight excluding hydrogens is 435 g/mol. The molecule has 1 aliphatic heterocycles. The summed E-state index contributed by atoms with van der Waals surface area (Å²) in [6.45, 7) is 5.42. The molecule has 1 atom stereocenters. The topological polar surface area (TPSA) is 69.6 Å². The molecule has 2 N–H and O–H groups in total. The van der Waals surface area contributed by atoms with E-state index in [4.69, 9.17) is 23.2 Å². The molecule has 2 aromatic carbocycles. The molecular formula is C24H24Cl2N2O3. The fourth-order valence-electron chi connectivity index (χ4n) is 4.54. The highest BCUT2D eigenvalue weighted by Crippen LogP contribution is 2.49. The summed E-state index contributed by atoms with van der Waals surface area (Å²) in [6, 6.07) is 9.80. The van der Waals surface area contributed by atoms with Crippen molar-refractivity contribution >= 4 is 46.3 Å². The highest BCUT2D eigenvalue weighted by atomic mass is 35.5. The normalized spacial score (nSPS) is 20.0. The van der Waals surface area contributed by atoms with Gasteiger partial charge >= 0.3 is 0 Å². The highest BCUT2D eigenvalue weighted by Gasteiger charge is 2.43. The SMILES string of the molecule is CC(=O)N1c2cc(CO)ccc2NC2=C(C(=O)CC(C)(C)C2)C1c1ccc(Cl)cc1Cl. The second kappa shape index (κ2) is 7.97. The van der Waals surface area contributed by atoms with Crippen molar-refractivity contribution < 1.29 is 14.7 Å². The fourth-order valence-corrected chi connectivity index (χ4v) is 5.06. The molecule has 2 aliphatic rings.